The van der Waals surface area contributed by atoms with Crippen LogP contribution in [0.1, 0.15) is 26.7 Å². The highest BCUT2D eigenvalue weighted by molar-refractivity contribution is 6.33. The maximum atomic E-state index is 13.5. The fourth-order valence-electron chi connectivity index (χ4n) is 4.16. The van der Waals surface area contributed by atoms with Crippen LogP contribution in [-0.2, 0) is 9.53 Å². The highest BCUT2D eigenvalue weighted by Gasteiger charge is 2.28. The number of hydrogen-bond donors (Lipinski definition) is 0. The summed E-state index contributed by atoms with van der Waals surface area (Å²) in [6, 6.07) is 11.5. The van der Waals surface area contributed by atoms with Gasteiger partial charge in [-0.1, -0.05) is 24.9 Å². The largest absolute Gasteiger partial charge is 0.481 e. The van der Waals surface area contributed by atoms with Crippen LogP contribution in [0.4, 0.5) is 9.18 Å². The van der Waals surface area contributed by atoms with E-state index in [1.165, 1.54) is 12.1 Å². The number of piperazine rings is 1. The lowest BCUT2D eigenvalue weighted by Crippen LogP contribution is -2.53. The number of carbonyl (C=O) groups excluding carboxylic acids is 2. The first kappa shape index (κ1) is 25.7. The molecule has 1 fully saturated rings. The number of hydrogen-bond acceptors (Lipinski definition) is 5. The molecule has 0 aliphatic carbocycles. The summed E-state index contributed by atoms with van der Waals surface area (Å²) < 4.78 is 24.7. The van der Waals surface area contributed by atoms with Crippen LogP contribution < -0.4 is 4.74 Å². The van der Waals surface area contributed by atoms with Crippen LogP contribution in [0, 0.1) is 5.82 Å². The quantitative estimate of drug-likeness (QED) is 0.388. The first-order valence-corrected chi connectivity index (χ1v) is 12.5. The molecule has 3 aromatic rings. The van der Waals surface area contributed by atoms with Gasteiger partial charge < -0.3 is 19.3 Å². The molecule has 7 nitrogen and oxygen atoms in total. The van der Waals surface area contributed by atoms with Crippen LogP contribution in [0.15, 0.2) is 48.7 Å². The Balaban J connectivity index is 1.39. The molecule has 2 aromatic carbocycles. The zero-order valence-electron chi connectivity index (χ0n) is 20.4. The number of aromatic nitrogens is 1. The summed E-state index contributed by atoms with van der Waals surface area (Å²) in [5.41, 5.74) is 2.20. The van der Waals surface area contributed by atoms with Crippen molar-refractivity contribution in [1.82, 2.24) is 14.8 Å². The second-order valence-corrected chi connectivity index (χ2v) is 9.11. The third-order valence-electron chi connectivity index (χ3n) is 6.17. The number of fused-ring (bicyclic) bond motifs is 1. The van der Waals surface area contributed by atoms with Gasteiger partial charge in [0.1, 0.15) is 11.6 Å². The fraction of sp³-hybridized carbons (Fsp3) is 0.370. The maximum Gasteiger partial charge on any atom is 0.409 e. The Hall–Kier alpha value is -3.39. The zero-order chi connectivity index (χ0) is 25.7. The summed E-state index contributed by atoms with van der Waals surface area (Å²) in [7, 11) is 0. The minimum atomic E-state index is -0.708. The van der Waals surface area contributed by atoms with E-state index in [1.807, 2.05) is 19.1 Å². The average molecular weight is 514 g/mol. The van der Waals surface area contributed by atoms with Gasteiger partial charge in [0.05, 0.1) is 17.1 Å². The fourth-order valence-corrected chi connectivity index (χ4v) is 4.43. The molecule has 0 bridgehead atoms. The molecular formula is C27H29ClFN3O4. The number of nitrogens with zero attached hydrogens (tertiary/aromatic N) is 3. The van der Waals surface area contributed by atoms with E-state index in [1.54, 1.807) is 41.1 Å². The molecule has 1 aliphatic heterocycles. The molecule has 1 aliphatic rings. The highest BCUT2D eigenvalue weighted by atomic mass is 35.5. The van der Waals surface area contributed by atoms with Crippen molar-refractivity contribution < 1.29 is 23.5 Å². The maximum absolute atomic E-state index is 13.5. The SMILES string of the molecule is CCCCOC(=O)N1CCN(C(=O)C(C)Oc2ccc3c(-c4ccc(F)cc4Cl)ccnc3c2)CC1. The predicted octanol–water partition coefficient (Wildman–Crippen LogP) is 5.54. The second kappa shape index (κ2) is 11.6. The number of unbranched alkanes of at least 4 members (excludes halogenated alkanes) is 1. The number of halogens is 2. The Bertz CT molecular complexity index is 1250. The van der Waals surface area contributed by atoms with E-state index < -0.39 is 11.9 Å². The highest BCUT2D eigenvalue weighted by Crippen LogP contribution is 2.34. The van der Waals surface area contributed by atoms with Gasteiger partial charge in [0.25, 0.3) is 5.91 Å². The van der Waals surface area contributed by atoms with Crippen molar-refractivity contribution in [2.45, 2.75) is 32.8 Å². The number of ether oxygens (including phenoxy) is 2. The summed E-state index contributed by atoms with van der Waals surface area (Å²) >= 11 is 6.27. The van der Waals surface area contributed by atoms with Gasteiger partial charge in [-0.3, -0.25) is 9.78 Å². The lowest BCUT2D eigenvalue weighted by Gasteiger charge is -2.35. The monoisotopic (exact) mass is 513 g/mol. The molecular weight excluding hydrogens is 485 g/mol. The Labute approximate surface area is 214 Å². The minimum absolute atomic E-state index is 0.145. The number of amides is 2. The number of carbonyl (C=O) groups is 2. The van der Waals surface area contributed by atoms with E-state index >= 15 is 0 Å². The number of rotatable bonds is 7. The third-order valence-corrected chi connectivity index (χ3v) is 6.48. The standard InChI is InChI=1S/C27H29ClFN3O4/c1-3-4-15-35-27(34)32-13-11-31(12-14-32)26(33)18(2)36-20-6-8-23-21(9-10-30-25(23)17-20)22-7-5-19(29)16-24(22)28/h5-10,16-18H,3-4,11-15H2,1-2H3. The van der Waals surface area contributed by atoms with Gasteiger partial charge in [-0.2, -0.15) is 0 Å². The van der Waals surface area contributed by atoms with E-state index in [0.717, 1.165) is 23.8 Å². The third kappa shape index (κ3) is 5.87. The first-order valence-electron chi connectivity index (χ1n) is 12.1. The molecule has 9 heteroatoms. The molecule has 1 unspecified atom stereocenters. The Morgan fingerprint density at radius 1 is 1.06 bits per heavy atom. The lowest BCUT2D eigenvalue weighted by atomic mass is 10.0. The van der Waals surface area contributed by atoms with Crippen LogP contribution in [0.2, 0.25) is 5.02 Å². The van der Waals surface area contributed by atoms with Crippen LogP contribution in [-0.4, -0.2) is 65.7 Å². The summed E-state index contributed by atoms with van der Waals surface area (Å²) in [5, 5.41) is 1.15. The van der Waals surface area contributed by atoms with Gasteiger partial charge in [-0.25, -0.2) is 9.18 Å². The van der Waals surface area contributed by atoms with Crippen LogP contribution >= 0.6 is 11.6 Å². The summed E-state index contributed by atoms with van der Waals surface area (Å²) in [6.45, 7) is 5.87. The zero-order valence-corrected chi connectivity index (χ0v) is 21.1. The first-order chi connectivity index (χ1) is 17.4. The molecule has 2 heterocycles. The van der Waals surface area contributed by atoms with E-state index in [-0.39, 0.29) is 12.0 Å². The topological polar surface area (TPSA) is 72.0 Å². The molecule has 2 amide bonds. The van der Waals surface area contributed by atoms with Crippen molar-refractivity contribution in [3.8, 4) is 16.9 Å². The van der Waals surface area contributed by atoms with E-state index in [9.17, 15) is 14.0 Å². The molecule has 1 atom stereocenters. The number of benzene rings is 2. The smallest absolute Gasteiger partial charge is 0.409 e. The summed E-state index contributed by atoms with van der Waals surface area (Å²) in [5.74, 6) is -0.0324. The number of pyridine rings is 1. The van der Waals surface area contributed by atoms with Gasteiger partial charge in [-0.05, 0) is 55.3 Å². The van der Waals surface area contributed by atoms with Crippen molar-refractivity contribution in [3.63, 3.8) is 0 Å². The molecule has 4 rings (SSSR count). The molecule has 0 radical (unpaired) electrons. The Morgan fingerprint density at radius 2 is 1.81 bits per heavy atom. The molecule has 0 spiro atoms. The van der Waals surface area contributed by atoms with Crippen LogP contribution in [0.25, 0.3) is 22.0 Å². The van der Waals surface area contributed by atoms with Gasteiger partial charge in [0.15, 0.2) is 6.10 Å². The predicted molar refractivity (Wildman–Crippen MR) is 137 cm³/mol. The van der Waals surface area contributed by atoms with E-state index in [0.29, 0.717) is 54.6 Å². The molecule has 0 N–H and O–H groups in total. The van der Waals surface area contributed by atoms with Gasteiger partial charge in [0, 0.05) is 49.4 Å². The van der Waals surface area contributed by atoms with Crippen molar-refractivity contribution in [3.05, 3.63) is 59.5 Å². The normalized spacial score (nSPS) is 14.6. The van der Waals surface area contributed by atoms with Crippen LogP contribution in [0.5, 0.6) is 5.75 Å². The summed E-state index contributed by atoms with van der Waals surface area (Å²) in [6.07, 6.45) is 2.42. The van der Waals surface area contributed by atoms with Crippen molar-refractivity contribution in [2.75, 3.05) is 32.8 Å². The minimum Gasteiger partial charge on any atom is -0.481 e. The lowest BCUT2D eigenvalue weighted by molar-refractivity contribution is -0.139. The average Bonchev–Trinajstić information content (AvgIpc) is 2.88. The molecule has 1 aromatic heterocycles. The van der Waals surface area contributed by atoms with Gasteiger partial charge in [-0.15, -0.1) is 0 Å². The Kier molecular flexibility index (Phi) is 8.25. The van der Waals surface area contributed by atoms with Crippen molar-refractivity contribution in [2.24, 2.45) is 0 Å². The van der Waals surface area contributed by atoms with Crippen molar-refractivity contribution >= 4 is 34.5 Å². The van der Waals surface area contributed by atoms with Gasteiger partial charge >= 0.3 is 6.09 Å². The van der Waals surface area contributed by atoms with E-state index in [2.05, 4.69) is 4.98 Å². The molecule has 190 valence electrons. The molecule has 36 heavy (non-hydrogen) atoms. The van der Waals surface area contributed by atoms with E-state index in [4.69, 9.17) is 21.1 Å². The second-order valence-electron chi connectivity index (χ2n) is 8.70. The molecule has 1 saturated heterocycles. The molecule has 0 saturated carbocycles. The summed E-state index contributed by atoms with van der Waals surface area (Å²) in [4.78, 5) is 32.8. The van der Waals surface area contributed by atoms with Crippen molar-refractivity contribution in [1.29, 1.82) is 0 Å². The van der Waals surface area contributed by atoms with Gasteiger partial charge in [0.2, 0.25) is 0 Å². The van der Waals surface area contributed by atoms with Crippen LogP contribution in [0.3, 0.4) is 0 Å². The Morgan fingerprint density at radius 3 is 2.53 bits per heavy atom.